The minimum absolute atomic E-state index is 0.0432. The average molecular weight is 497 g/mol. The van der Waals surface area contributed by atoms with Crippen molar-refractivity contribution in [1.29, 1.82) is 5.26 Å². The second kappa shape index (κ2) is 11.3. The Morgan fingerprint density at radius 2 is 1.85 bits per heavy atom. The molecule has 0 fully saturated rings. The molecule has 0 aliphatic heterocycles. The monoisotopic (exact) mass is 496 g/mol. The number of nitrogens with one attached hydrogen (secondary N) is 1. The molecule has 8 nitrogen and oxygen atoms in total. The molecule has 0 saturated carbocycles. The van der Waals surface area contributed by atoms with Crippen LogP contribution in [0.3, 0.4) is 0 Å². The Kier molecular flexibility index (Phi) is 8.24. The Hall–Kier alpha value is -3.87. The quantitative estimate of drug-likeness (QED) is 0.356. The van der Waals surface area contributed by atoms with Gasteiger partial charge in [-0.1, -0.05) is 35.9 Å². The Morgan fingerprint density at radius 3 is 2.50 bits per heavy atom. The summed E-state index contributed by atoms with van der Waals surface area (Å²) in [6.45, 7) is 1.23. The molecule has 3 aromatic rings. The number of nitrogens with zero attached hydrogens (tertiary/aromatic N) is 3. The standard InChI is InChI=1S/C24H21ClN4O4S/c1-18-7-10-20(15-23(18)25)29(34(31,32)22-5-3-2-4-6-22)17-24(30)28-27-16-19-8-11-21(12-9-19)33-14-13-26/h2-12,15-16H,14,17H2,1H3,(H,28,30)/b27-16-. The lowest BCUT2D eigenvalue weighted by molar-refractivity contribution is -0.119. The first-order chi connectivity index (χ1) is 16.3. The van der Waals surface area contributed by atoms with Gasteiger partial charge in [-0.3, -0.25) is 9.10 Å². The fourth-order valence-corrected chi connectivity index (χ4v) is 4.49. The molecule has 3 rings (SSSR count). The highest BCUT2D eigenvalue weighted by Gasteiger charge is 2.27. The largest absolute Gasteiger partial charge is 0.479 e. The van der Waals surface area contributed by atoms with Crippen LogP contribution in [-0.4, -0.2) is 33.7 Å². The van der Waals surface area contributed by atoms with Crippen LogP contribution in [0.1, 0.15) is 11.1 Å². The zero-order valence-corrected chi connectivity index (χ0v) is 19.8. The zero-order chi connectivity index (χ0) is 24.6. The number of rotatable bonds is 9. The summed E-state index contributed by atoms with van der Waals surface area (Å²) in [5.41, 5.74) is 4.05. The number of amides is 1. The van der Waals surface area contributed by atoms with Crippen LogP contribution in [-0.2, 0) is 14.8 Å². The maximum Gasteiger partial charge on any atom is 0.264 e. The molecule has 174 valence electrons. The summed E-state index contributed by atoms with van der Waals surface area (Å²) in [6, 6.07) is 21.2. The van der Waals surface area contributed by atoms with Crippen molar-refractivity contribution in [3.8, 4) is 11.8 Å². The van der Waals surface area contributed by atoms with Gasteiger partial charge >= 0.3 is 0 Å². The predicted octanol–water partition coefficient (Wildman–Crippen LogP) is 3.90. The van der Waals surface area contributed by atoms with Crippen molar-refractivity contribution in [1.82, 2.24) is 5.43 Å². The number of hydrazone groups is 1. The first-order valence-electron chi connectivity index (χ1n) is 10.1. The Balaban J connectivity index is 1.77. The van der Waals surface area contributed by atoms with Crippen LogP contribution in [0.2, 0.25) is 5.02 Å². The maximum atomic E-state index is 13.3. The van der Waals surface area contributed by atoms with Gasteiger partial charge in [0.2, 0.25) is 0 Å². The van der Waals surface area contributed by atoms with E-state index in [0.29, 0.717) is 16.3 Å². The molecule has 0 heterocycles. The topological polar surface area (TPSA) is 112 Å². The summed E-state index contributed by atoms with van der Waals surface area (Å²) in [5, 5.41) is 12.8. The summed E-state index contributed by atoms with van der Waals surface area (Å²) in [7, 11) is -4.04. The van der Waals surface area contributed by atoms with Crippen LogP contribution >= 0.6 is 11.6 Å². The minimum atomic E-state index is -4.04. The number of ether oxygens (including phenoxy) is 1. The third kappa shape index (κ3) is 6.34. The lowest BCUT2D eigenvalue weighted by Gasteiger charge is -2.24. The van der Waals surface area contributed by atoms with Crippen LogP contribution in [0, 0.1) is 18.3 Å². The molecule has 0 spiro atoms. The molecular formula is C24H21ClN4O4S. The van der Waals surface area contributed by atoms with Gasteiger partial charge in [0.1, 0.15) is 18.4 Å². The Morgan fingerprint density at radius 1 is 1.15 bits per heavy atom. The van der Waals surface area contributed by atoms with E-state index in [4.69, 9.17) is 21.6 Å². The van der Waals surface area contributed by atoms with Gasteiger partial charge in [0, 0.05) is 5.02 Å². The smallest absolute Gasteiger partial charge is 0.264 e. The van der Waals surface area contributed by atoms with E-state index >= 15 is 0 Å². The molecule has 0 saturated heterocycles. The Labute approximate surface area is 203 Å². The van der Waals surface area contributed by atoms with Gasteiger partial charge in [-0.05, 0) is 66.6 Å². The lowest BCUT2D eigenvalue weighted by atomic mass is 10.2. The second-order valence-electron chi connectivity index (χ2n) is 7.07. The molecule has 0 aliphatic rings. The average Bonchev–Trinajstić information content (AvgIpc) is 2.84. The summed E-state index contributed by atoms with van der Waals surface area (Å²) in [6.07, 6.45) is 1.41. The summed E-state index contributed by atoms with van der Waals surface area (Å²) in [4.78, 5) is 12.6. The molecule has 10 heteroatoms. The molecule has 0 aromatic heterocycles. The van der Waals surface area contributed by atoms with Gasteiger partial charge in [0.15, 0.2) is 6.61 Å². The van der Waals surface area contributed by atoms with Gasteiger partial charge in [-0.2, -0.15) is 10.4 Å². The number of aryl methyl sites for hydroxylation is 1. The number of halogens is 1. The minimum Gasteiger partial charge on any atom is -0.479 e. The van der Waals surface area contributed by atoms with Gasteiger partial charge in [0.05, 0.1) is 16.8 Å². The molecule has 0 atom stereocenters. The lowest BCUT2D eigenvalue weighted by Crippen LogP contribution is -2.39. The van der Waals surface area contributed by atoms with Crippen molar-refractivity contribution in [2.45, 2.75) is 11.8 Å². The van der Waals surface area contributed by atoms with Crippen molar-refractivity contribution in [2.24, 2.45) is 5.10 Å². The molecule has 1 amide bonds. The van der Waals surface area contributed by atoms with E-state index in [9.17, 15) is 13.2 Å². The summed E-state index contributed by atoms with van der Waals surface area (Å²) >= 11 is 6.21. The van der Waals surface area contributed by atoms with Crippen molar-refractivity contribution in [2.75, 3.05) is 17.5 Å². The first kappa shape index (κ1) is 24.8. The number of hydrogen-bond acceptors (Lipinski definition) is 6. The van der Waals surface area contributed by atoms with Crippen molar-refractivity contribution >= 4 is 39.4 Å². The van der Waals surface area contributed by atoms with Crippen LogP contribution in [0.25, 0.3) is 0 Å². The number of sulfonamides is 1. The fraction of sp³-hybridized carbons (Fsp3) is 0.125. The number of nitriles is 1. The summed E-state index contributed by atoms with van der Waals surface area (Å²) < 4.78 is 32.8. The zero-order valence-electron chi connectivity index (χ0n) is 18.2. The van der Waals surface area contributed by atoms with E-state index in [-0.39, 0.29) is 17.2 Å². The van der Waals surface area contributed by atoms with Crippen molar-refractivity contribution in [3.05, 3.63) is 88.9 Å². The third-order valence-corrected chi connectivity index (χ3v) is 6.84. The second-order valence-corrected chi connectivity index (χ2v) is 9.34. The number of hydrogen-bond donors (Lipinski definition) is 1. The van der Waals surface area contributed by atoms with E-state index in [1.54, 1.807) is 61.5 Å². The number of carbonyl (C=O) groups is 1. The number of anilines is 1. The highest BCUT2D eigenvalue weighted by Crippen LogP contribution is 2.27. The molecule has 0 aliphatic carbocycles. The highest BCUT2D eigenvalue weighted by atomic mass is 35.5. The number of benzene rings is 3. The van der Waals surface area contributed by atoms with Crippen molar-refractivity contribution < 1.29 is 17.9 Å². The molecule has 3 aromatic carbocycles. The highest BCUT2D eigenvalue weighted by molar-refractivity contribution is 7.92. The Bertz CT molecular complexity index is 1320. The van der Waals surface area contributed by atoms with Crippen LogP contribution in [0.5, 0.6) is 5.75 Å². The van der Waals surface area contributed by atoms with Gasteiger partial charge in [-0.25, -0.2) is 13.8 Å². The fourth-order valence-electron chi connectivity index (χ4n) is 2.88. The molecule has 34 heavy (non-hydrogen) atoms. The van der Waals surface area contributed by atoms with Crippen LogP contribution in [0.15, 0.2) is 82.8 Å². The van der Waals surface area contributed by atoms with E-state index in [2.05, 4.69) is 10.5 Å². The van der Waals surface area contributed by atoms with E-state index in [0.717, 1.165) is 9.87 Å². The SMILES string of the molecule is Cc1ccc(N(CC(=O)N/N=C\c2ccc(OCC#N)cc2)S(=O)(=O)c2ccccc2)cc1Cl. The molecular weight excluding hydrogens is 476 g/mol. The predicted molar refractivity (Wildman–Crippen MR) is 130 cm³/mol. The maximum absolute atomic E-state index is 13.3. The van der Waals surface area contributed by atoms with Crippen molar-refractivity contribution in [3.63, 3.8) is 0 Å². The molecule has 0 bridgehead atoms. The normalized spacial score (nSPS) is 11.1. The van der Waals surface area contributed by atoms with Crippen LogP contribution in [0.4, 0.5) is 5.69 Å². The third-order valence-electron chi connectivity index (χ3n) is 4.65. The molecule has 1 N–H and O–H groups in total. The van der Waals surface area contributed by atoms with E-state index in [1.165, 1.54) is 24.4 Å². The van der Waals surface area contributed by atoms with Gasteiger partial charge in [0.25, 0.3) is 15.9 Å². The summed E-state index contributed by atoms with van der Waals surface area (Å²) in [5.74, 6) is -0.109. The number of carbonyl (C=O) groups excluding carboxylic acids is 1. The van der Waals surface area contributed by atoms with Gasteiger partial charge < -0.3 is 4.74 Å². The van der Waals surface area contributed by atoms with E-state index < -0.39 is 22.5 Å². The van der Waals surface area contributed by atoms with E-state index in [1.807, 2.05) is 6.07 Å². The van der Waals surface area contributed by atoms with Crippen LogP contribution < -0.4 is 14.5 Å². The van der Waals surface area contributed by atoms with Gasteiger partial charge in [-0.15, -0.1) is 0 Å². The molecule has 0 unspecified atom stereocenters. The first-order valence-corrected chi connectivity index (χ1v) is 11.9. The molecule has 0 radical (unpaired) electrons.